The van der Waals surface area contributed by atoms with Gasteiger partial charge in [0.05, 0.1) is 20.1 Å². The van der Waals surface area contributed by atoms with Gasteiger partial charge in [-0.1, -0.05) is 20.8 Å². The fraction of sp³-hybridized carbons (Fsp3) is 0.786. The summed E-state index contributed by atoms with van der Waals surface area (Å²) in [6.45, 7) is 5.32. The minimum Gasteiger partial charge on any atom is -0.469 e. The molecule has 0 radical (unpaired) electrons. The lowest BCUT2D eigenvalue weighted by Crippen LogP contribution is -2.47. The third-order valence-corrected chi connectivity index (χ3v) is 2.99. The fourth-order valence-electron chi connectivity index (χ4n) is 1.83. The zero-order valence-corrected chi connectivity index (χ0v) is 13.2. The predicted octanol–water partition coefficient (Wildman–Crippen LogP) is 0.250. The van der Waals surface area contributed by atoms with E-state index in [0.717, 1.165) is 0 Å². The highest BCUT2D eigenvalue weighted by molar-refractivity contribution is 5.87. The number of methoxy groups -OCH3 is 2. The molecule has 0 aromatic heterocycles. The highest BCUT2D eigenvalue weighted by Gasteiger charge is 2.29. The molecule has 0 aliphatic carbocycles. The maximum absolute atomic E-state index is 11.8. The molecule has 0 aliphatic rings. The summed E-state index contributed by atoms with van der Waals surface area (Å²) in [5.74, 6) is -2.26. The summed E-state index contributed by atoms with van der Waals surface area (Å²) < 4.78 is 9.18. The molecule has 0 bridgehead atoms. The molecule has 0 rings (SSSR count). The first-order valence-electron chi connectivity index (χ1n) is 6.87. The van der Waals surface area contributed by atoms with Crippen molar-refractivity contribution in [1.29, 1.82) is 0 Å². The van der Waals surface area contributed by atoms with Gasteiger partial charge in [0, 0.05) is 0 Å². The summed E-state index contributed by atoms with van der Waals surface area (Å²) in [4.78, 5) is 34.9. The number of nitrogens with one attached hydrogen (secondary N) is 1. The second-order valence-corrected chi connectivity index (χ2v) is 5.39. The van der Waals surface area contributed by atoms with Crippen LogP contribution >= 0.6 is 0 Å². The monoisotopic (exact) mass is 303 g/mol. The van der Waals surface area contributed by atoms with Gasteiger partial charge in [-0.2, -0.15) is 0 Å². The molecule has 0 saturated heterocycles. The van der Waals surface area contributed by atoms with Crippen molar-refractivity contribution in [3.8, 4) is 0 Å². The molecule has 3 atom stereocenters. The molecule has 0 unspecified atom stereocenters. The first kappa shape index (κ1) is 19.4. The van der Waals surface area contributed by atoms with Gasteiger partial charge < -0.3 is 19.9 Å². The number of aliphatic hydroxyl groups is 1. The van der Waals surface area contributed by atoms with Crippen LogP contribution in [0.5, 0.6) is 0 Å². The van der Waals surface area contributed by atoms with Crippen LogP contribution in [-0.4, -0.2) is 49.3 Å². The van der Waals surface area contributed by atoms with E-state index in [9.17, 15) is 19.5 Å². The van der Waals surface area contributed by atoms with E-state index < -0.39 is 35.9 Å². The number of ether oxygens (including phenoxy) is 2. The molecule has 0 heterocycles. The Hall–Kier alpha value is -1.63. The molecular formula is C14H25NO6. The Bertz CT molecular complexity index is 368. The summed E-state index contributed by atoms with van der Waals surface area (Å²) in [6, 6.07) is -1.00. The number of aliphatic hydroxyl groups excluding tert-OH is 1. The van der Waals surface area contributed by atoms with E-state index in [2.05, 4.69) is 14.8 Å². The summed E-state index contributed by atoms with van der Waals surface area (Å²) in [7, 11) is 2.44. The van der Waals surface area contributed by atoms with Crippen molar-refractivity contribution in [1.82, 2.24) is 5.32 Å². The molecule has 0 fully saturated rings. The molecule has 1 amide bonds. The second-order valence-electron chi connectivity index (χ2n) is 5.39. The summed E-state index contributed by atoms with van der Waals surface area (Å²) >= 11 is 0. The van der Waals surface area contributed by atoms with Crippen molar-refractivity contribution in [2.75, 3.05) is 14.2 Å². The van der Waals surface area contributed by atoms with Crippen molar-refractivity contribution >= 4 is 17.8 Å². The number of rotatable bonds is 8. The molecule has 7 heteroatoms. The van der Waals surface area contributed by atoms with Crippen LogP contribution in [0.1, 0.15) is 33.6 Å². The van der Waals surface area contributed by atoms with Crippen LogP contribution in [0.2, 0.25) is 0 Å². The first-order valence-corrected chi connectivity index (χ1v) is 6.87. The number of carbonyl (C=O) groups excluding carboxylic acids is 3. The van der Waals surface area contributed by atoms with Crippen LogP contribution in [0.4, 0.5) is 0 Å². The standard InChI is InChI=1S/C14H25NO6/c1-8(2)6-11(16)12(17)15-10(14(19)21-5)7-9(3)13(18)20-4/h8-11,16H,6-7H2,1-5H3,(H,15,17)/t9-,10+,11-/m1/s1. The Morgan fingerprint density at radius 1 is 1.00 bits per heavy atom. The normalized spacial score (nSPS) is 15.0. The number of esters is 2. The van der Waals surface area contributed by atoms with Gasteiger partial charge in [-0.3, -0.25) is 9.59 Å². The van der Waals surface area contributed by atoms with Crippen molar-refractivity contribution in [2.45, 2.75) is 45.8 Å². The van der Waals surface area contributed by atoms with Gasteiger partial charge in [-0.15, -0.1) is 0 Å². The minimum atomic E-state index is -1.20. The van der Waals surface area contributed by atoms with Crippen LogP contribution in [0.3, 0.4) is 0 Å². The average molecular weight is 303 g/mol. The van der Waals surface area contributed by atoms with E-state index in [4.69, 9.17) is 0 Å². The van der Waals surface area contributed by atoms with Crippen molar-refractivity contribution < 1.29 is 29.0 Å². The molecule has 2 N–H and O–H groups in total. The zero-order chi connectivity index (χ0) is 16.6. The topological polar surface area (TPSA) is 102 Å². The van der Waals surface area contributed by atoms with Crippen LogP contribution in [0.15, 0.2) is 0 Å². The lowest BCUT2D eigenvalue weighted by Gasteiger charge is -2.21. The maximum Gasteiger partial charge on any atom is 0.328 e. The van der Waals surface area contributed by atoms with Gasteiger partial charge in [-0.25, -0.2) is 4.79 Å². The van der Waals surface area contributed by atoms with Gasteiger partial charge in [0.2, 0.25) is 5.91 Å². The average Bonchev–Trinajstić information content (AvgIpc) is 2.43. The predicted molar refractivity (Wildman–Crippen MR) is 75.2 cm³/mol. The highest BCUT2D eigenvalue weighted by Crippen LogP contribution is 2.11. The third-order valence-electron chi connectivity index (χ3n) is 2.99. The first-order chi connectivity index (χ1) is 9.72. The van der Waals surface area contributed by atoms with Crippen molar-refractivity contribution in [2.24, 2.45) is 11.8 Å². The van der Waals surface area contributed by atoms with Crippen molar-refractivity contribution in [3.05, 3.63) is 0 Å². The van der Waals surface area contributed by atoms with Crippen LogP contribution < -0.4 is 5.32 Å². The SMILES string of the molecule is COC(=O)[C@H](C)C[C@H](NC(=O)[C@H](O)CC(C)C)C(=O)OC. The molecule has 7 nitrogen and oxygen atoms in total. The number of amides is 1. The highest BCUT2D eigenvalue weighted by atomic mass is 16.5. The molecule has 0 aromatic rings. The Balaban J connectivity index is 4.74. The fourth-order valence-corrected chi connectivity index (χ4v) is 1.83. The van der Waals surface area contributed by atoms with Gasteiger partial charge in [0.15, 0.2) is 0 Å². The molecular weight excluding hydrogens is 278 g/mol. The van der Waals surface area contributed by atoms with E-state index in [1.54, 1.807) is 6.92 Å². The van der Waals surface area contributed by atoms with Gasteiger partial charge in [0.25, 0.3) is 0 Å². The van der Waals surface area contributed by atoms with Gasteiger partial charge in [0.1, 0.15) is 12.1 Å². The maximum atomic E-state index is 11.8. The minimum absolute atomic E-state index is 0.0412. The van der Waals surface area contributed by atoms with Crippen LogP contribution in [-0.2, 0) is 23.9 Å². The molecule has 122 valence electrons. The number of carbonyl (C=O) groups is 3. The zero-order valence-electron chi connectivity index (χ0n) is 13.2. The van der Waals surface area contributed by atoms with Gasteiger partial charge in [-0.05, 0) is 18.8 Å². The molecule has 0 aliphatic heterocycles. The van der Waals surface area contributed by atoms with Gasteiger partial charge >= 0.3 is 11.9 Å². The van der Waals surface area contributed by atoms with E-state index in [1.807, 2.05) is 13.8 Å². The Labute approximate surface area is 125 Å². The van der Waals surface area contributed by atoms with E-state index in [1.165, 1.54) is 14.2 Å². The largest absolute Gasteiger partial charge is 0.469 e. The van der Waals surface area contributed by atoms with E-state index >= 15 is 0 Å². The quantitative estimate of drug-likeness (QED) is 0.623. The van der Waals surface area contributed by atoms with E-state index in [0.29, 0.717) is 0 Å². The molecule has 0 aromatic carbocycles. The van der Waals surface area contributed by atoms with Crippen molar-refractivity contribution in [3.63, 3.8) is 0 Å². The summed E-state index contributed by atoms with van der Waals surface area (Å²) in [6.07, 6.45) is -0.878. The Morgan fingerprint density at radius 3 is 1.95 bits per heavy atom. The number of hydrogen-bond acceptors (Lipinski definition) is 6. The van der Waals surface area contributed by atoms with Crippen LogP contribution in [0, 0.1) is 11.8 Å². The van der Waals surface area contributed by atoms with Crippen LogP contribution in [0.25, 0.3) is 0 Å². The lowest BCUT2D eigenvalue weighted by molar-refractivity contribution is -0.149. The Kier molecular flexibility index (Phi) is 8.61. The Morgan fingerprint density at radius 2 is 1.52 bits per heavy atom. The second kappa shape index (κ2) is 9.33. The third kappa shape index (κ3) is 7.08. The molecule has 21 heavy (non-hydrogen) atoms. The number of hydrogen-bond donors (Lipinski definition) is 2. The smallest absolute Gasteiger partial charge is 0.328 e. The molecule has 0 saturated carbocycles. The summed E-state index contributed by atoms with van der Waals surface area (Å²) in [5.41, 5.74) is 0. The van der Waals surface area contributed by atoms with E-state index in [-0.39, 0.29) is 18.8 Å². The molecule has 0 spiro atoms. The lowest BCUT2D eigenvalue weighted by atomic mass is 10.0. The summed E-state index contributed by atoms with van der Waals surface area (Å²) in [5, 5.41) is 12.1.